The van der Waals surface area contributed by atoms with Crippen molar-refractivity contribution in [3.8, 4) is 0 Å². The van der Waals surface area contributed by atoms with E-state index in [1.54, 1.807) is 4.90 Å². The zero-order valence-corrected chi connectivity index (χ0v) is 10.1. The summed E-state index contributed by atoms with van der Waals surface area (Å²) >= 11 is 0. The second-order valence-electron chi connectivity index (χ2n) is 4.48. The summed E-state index contributed by atoms with van der Waals surface area (Å²) in [6.45, 7) is 1.83. The van der Waals surface area contributed by atoms with E-state index in [9.17, 15) is 13.2 Å². The molecule has 2 saturated heterocycles. The second-order valence-corrected chi connectivity index (χ2v) is 6.78. The van der Waals surface area contributed by atoms with Crippen molar-refractivity contribution in [2.24, 2.45) is 0 Å². The average Bonchev–Trinajstić information content (AvgIpc) is 2.69. The molecule has 0 unspecified atom stereocenters. The summed E-state index contributed by atoms with van der Waals surface area (Å²) in [4.78, 5) is 13.7. The lowest BCUT2D eigenvalue weighted by Crippen LogP contribution is -2.44. The second kappa shape index (κ2) is 4.71. The van der Waals surface area contributed by atoms with Gasteiger partial charge >= 0.3 is 0 Å². The van der Waals surface area contributed by atoms with Gasteiger partial charge in [-0.2, -0.15) is 0 Å². The van der Waals surface area contributed by atoms with E-state index >= 15 is 0 Å². The fourth-order valence-corrected chi connectivity index (χ4v) is 3.55. The van der Waals surface area contributed by atoms with Crippen molar-refractivity contribution < 1.29 is 13.2 Å². The number of carbonyl (C=O) groups is 1. The highest BCUT2D eigenvalue weighted by Gasteiger charge is 2.29. The van der Waals surface area contributed by atoms with Gasteiger partial charge in [-0.1, -0.05) is 0 Å². The summed E-state index contributed by atoms with van der Waals surface area (Å²) in [5.74, 6) is 0.412. The molecule has 5 nitrogen and oxygen atoms in total. The lowest BCUT2D eigenvalue weighted by Gasteiger charge is -2.23. The molecule has 0 aromatic heterocycles. The number of amides is 1. The molecule has 1 N–H and O–H groups in total. The number of hydrogen-bond acceptors (Lipinski definition) is 4. The molecule has 0 aromatic carbocycles. The van der Waals surface area contributed by atoms with Crippen molar-refractivity contribution in [3.63, 3.8) is 0 Å². The molecule has 2 heterocycles. The van der Waals surface area contributed by atoms with E-state index in [0.29, 0.717) is 19.5 Å². The molecule has 0 saturated carbocycles. The molecule has 2 rings (SSSR count). The molecule has 92 valence electrons. The first-order valence-corrected chi connectivity index (χ1v) is 7.63. The third kappa shape index (κ3) is 2.74. The Bertz CT molecular complexity index is 360. The van der Waals surface area contributed by atoms with Crippen LogP contribution in [0, 0.1) is 0 Å². The van der Waals surface area contributed by atoms with Gasteiger partial charge < -0.3 is 10.2 Å². The summed E-state index contributed by atoms with van der Waals surface area (Å²) in [6, 6.07) is -0.0826. The predicted molar refractivity (Wildman–Crippen MR) is 60.9 cm³/mol. The third-order valence-corrected chi connectivity index (χ3v) is 4.94. The van der Waals surface area contributed by atoms with Crippen molar-refractivity contribution in [1.82, 2.24) is 10.2 Å². The summed E-state index contributed by atoms with van der Waals surface area (Å²) in [5, 5.41) is 3.15. The molecule has 6 heteroatoms. The maximum absolute atomic E-state index is 12.0. The van der Waals surface area contributed by atoms with Gasteiger partial charge in [0.25, 0.3) is 0 Å². The smallest absolute Gasteiger partial charge is 0.239 e. The average molecular weight is 246 g/mol. The highest BCUT2D eigenvalue weighted by Crippen LogP contribution is 2.11. The van der Waals surface area contributed by atoms with E-state index in [2.05, 4.69) is 5.32 Å². The van der Waals surface area contributed by atoms with Gasteiger partial charge in [0.2, 0.25) is 5.91 Å². The Hall–Kier alpha value is -0.620. The summed E-state index contributed by atoms with van der Waals surface area (Å²) in [6.07, 6.45) is 2.48. The Morgan fingerprint density at radius 2 is 2.00 bits per heavy atom. The summed E-state index contributed by atoms with van der Waals surface area (Å²) < 4.78 is 22.8. The first-order valence-electron chi connectivity index (χ1n) is 5.81. The van der Waals surface area contributed by atoms with Gasteiger partial charge in [-0.25, -0.2) is 8.42 Å². The zero-order valence-electron chi connectivity index (χ0n) is 9.31. The number of sulfone groups is 1. The van der Waals surface area contributed by atoms with Gasteiger partial charge in [-0.3, -0.25) is 4.79 Å². The van der Waals surface area contributed by atoms with E-state index in [1.807, 2.05) is 0 Å². The predicted octanol–water partition coefficient (Wildman–Crippen LogP) is -0.614. The number of nitrogens with one attached hydrogen (secondary N) is 1. The molecule has 1 amide bonds. The minimum Gasteiger partial charge on any atom is -0.340 e. The largest absolute Gasteiger partial charge is 0.340 e. The number of carbonyl (C=O) groups excluding carboxylic acids is 1. The maximum Gasteiger partial charge on any atom is 0.239 e. The Morgan fingerprint density at radius 3 is 2.69 bits per heavy atom. The fourth-order valence-electron chi connectivity index (χ4n) is 2.27. The van der Waals surface area contributed by atoms with Crippen LogP contribution in [0.2, 0.25) is 0 Å². The zero-order chi connectivity index (χ0) is 11.6. The highest BCUT2D eigenvalue weighted by molar-refractivity contribution is 7.91. The van der Waals surface area contributed by atoms with E-state index in [4.69, 9.17) is 0 Å². The lowest BCUT2D eigenvalue weighted by molar-refractivity contribution is -0.132. The molecule has 0 spiro atoms. The van der Waals surface area contributed by atoms with Gasteiger partial charge in [-0.15, -0.1) is 0 Å². The van der Waals surface area contributed by atoms with Crippen molar-refractivity contribution in [1.29, 1.82) is 0 Å². The van der Waals surface area contributed by atoms with Gasteiger partial charge in [-0.05, 0) is 25.8 Å². The quantitative estimate of drug-likeness (QED) is 0.670. The topological polar surface area (TPSA) is 66.5 Å². The van der Waals surface area contributed by atoms with Gasteiger partial charge in [0.15, 0.2) is 9.84 Å². The number of hydrogen-bond donors (Lipinski definition) is 1. The molecule has 2 aliphatic rings. The highest BCUT2D eigenvalue weighted by atomic mass is 32.2. The standard InChI is InChI=1S/C10H18N2O3S/c13-10(9-3-1-4-11-9)12-5-2-7-16(14,15)8-6-12/h9,11H,1-8H2/t9-/m1/s1. The Labute approximate surface area is 96.1 Å². The number of nitrogens with zero attached hydrogens (tertiary/aromatic N) is 1. The molecule has 2 fully saturated rings. The van der Waals surface area contributed by atoms with Gasteiger partial charge in [0, 0.05) is 13.1 Å². The van der Waals surface area contributed by atoms with Crippen molar-refractivity contribution in [2.45, 2.75) is 25.3 Å². The third-order valence-electron chi connectivity index (χ3n) is 3.23. The lowest BCUT2D eigenvalue weighted by atomic mass is 10.2. The molecule has 0 aromatic rings. The van der Waals surface area contributed by atoms with Crippen LogP contribution in [0.25, 0.3) is 0 Å². The monoisotopic (exact) mass is 246 g/mol. The van der Waals surface area contributed by atoms with E-state index in [1.165, 1.54) is 0 Å². The van der Waals surface area contributed by atoms with Crippen LogP contribution < -0.4 is 5.32 Å². The Kier molecular flexibility index (Phi) is 3.49. The van der Waals surface area contributed by atoms with E-state index in [0.717, 1.165) is 19.4 Å². The molecular weight excluding hydrogens is 228 g/mol. The molecule has 0 radical (unpaired) electrons. The van der Waals surface area contributed by atoms with Crippen LogP contribution in [0.4, 0.5) is 0 Å². The van der Waals surface area contributed by atoms with E-state index in [-0.39, 0.29) is 23.5 Å². The van der Waals surface area contributed by atoms with Crippen molar-refractivity contribution in [3.05, 3.63) is 0 Å². The number of rotatable bonds is 1. The van der Waals surface area contributed by atoms with Gasteiger partial charge in [0.1, 0.15) is 0 Å². The molecule has 16 heavy (non-hydrogen) atoms. The fraction of sp³-hybridized carbons (Fsp3) is 0.900. The minimum absolute atomic E-state index is 0.0783. The summed E-state index contributed by atoms with van der Waals surface area (Å²) in [5.41, 5.74) is 0. The molecule has 0 aliphatic carbocycles. The molecule has 2 aliphatic heterocycles. The SMILES string of the molecule is O=C([C@H]1CCCN1)N1CCCS(=O)(=O)CC1. The van der Waals surface area contributed by atoms with Crippen LogP contribution in [-0.4, -0.2) is 56.4 Å². The first kappa shape index (κ1) is 11.9. The Balaban J connectivity index is 1.96. The molecule has 0 bridgehead atoms. The summed E-state index contributed by atoms with van der Waals surface area (Å²) in [7, 11) is -2.92. The normalized spacial score (nSPS) is 30.0. The van der Waals surface area contributed by atoms with Crippen LogP contribution in [0.1, 0.15) is 19.3 Å². The van der Waals surface area contributed by atoms with Crippen LogP contribution in [0.15, 0.2) is 0 Å². The van der Waals surface area contributed by atoms with Crippen LogP contribution in [0.5, 0.6) is 0 Å². The van der Waals surface area contributed by atoms with Crippen LogP contribution >= 0.6 is 0 Å². The molecule has 1 atom stereocenters. The van der Waals surface area contributed by atoms with Crippen molar-refractivity contribution >= 4 is 15.7 Å². The first-order chi connectivity index (χ1) is 7.58. The van der Waals surface area contributed by atoms with E-state index < -0.39 is 9.84 Å². The minimum atomic E-state index is -2.92. The van der Waals surface area contributed by atoms with Crippen molar-refractivity contribution in [2.75, 3.05) is 31.1 Å². The maximum atomic E-state index is 12.0. The van der Waals surface area contributed by atoms with Crippen LogP contribution in [-0.2, 0) is 14.6 Å². The van der Waals surface area contributed by atoms with Crippen LogP contribution in [0.3, 0.4) is 0 Å². The Morgan fingerprint density at radius 1 is 1.19 bits per heavy atom. The molecular formula is C10H18N2O3S. The van der Waals surface area contributed by atoms with Gasteiger partial charge in [0.05, 0.1) is 17.5 Å².